The zero-order valence-corrected chi connectivity index (χ0v) is 14.0. The average Bonchev–Trinajstić information content (AvgIpc) is 2.36. The summed E-state index contributed by atoms with van der Waals surface area (Å²) in [6.45, 7) is 2.31. The van der Waals surface area contributed by atoms with Crippen LogP contribution < -0.4 is 10.6 Å². The summed E-state index contributed by atoms with van der Waals surface area (Å²) in [5, 5.41) is 7.86. The second-order valence-corrected chi connectivity index (χ2v) is 6.91. The SMILES string of the molecule is CC1CCC(NC(=S)Nc2ccc(Br)cc2Cl)CC1. The first-order valence-electron chi connectivity index (χ1n) is 6.57. The lowest BCUT2D eigenvalue weighted by Gasteiger charge is -2.28. The molecule has 0 radical (unpaired) electrons. The number of benzene rings is 1. The van der Waals surface area contributed by atoms with E-state index >= 15 is 0 Å². The molecular weight excluding hydrogens is 344 g/mol. The molecule has 1 saturated carbocycles. The van der Waals surface area contributed by atoms with Gasteiger partial charge in [0, 0.05) is 10.5 Å². The normalized spacial score (nSPS) is 22.9. The van der Waals surface area contributed by atoms with E-state index in [1.165, 1.54) is 25.7 Å². The Kier molecular flexibility index (Phi) is 5.48. The van der Waals surface area contributed by atoms with Gasteiger partial charge in [-0.3, -0.25) is 0 Å². The topological polar surface area (TPSA) is 24.1 Å². The molecule has 19 heavy (non-hydrogen) atoms. The van der Waals surface area contributed by atoms with E-state index in [9.17, 15) is 0 Å². The molecule has 0 aliphatic heterocycles. The van der Waals surface area contributed by atoms with E-state index in [-0.39, 0.29) is 0 Å². The third-order valence-electron chi connectivity index (χ3n) is 3.53. The molecule has 2 rings (SSSR count). The fourth-order valence-electron chi connectivity index (χ4n) is 2.34. The lowest BCUT2D eigenvalue weighted by Crippen LogP contribution is -2.39. The van der Waals surface area contributed by atoms with Crippen LogP contribution >= 0.6 is 39.7 Å². The van der Waals surface area contributed by atoms with E-state index in [4.69, 9.17) is 23.8 Å². The second kappa shape index (κ2) is 6.91. The monoisotopic (exact) mass is 360 g/mol. The molecule has 1 aliphatic rings. The highest BCUT2D eigenvalue weighted by atomic mass is 79.9. The van der Waals surface area contributed by atoms with Gasteiger partial charge in [0.1, 0.15) is 0 Å². The summed E-state index contributed by atoms with van der Waals surface area (Å²) < 4.78 is 0.961. The maximum Gasteiger partial charge on any atom is 0.171 e. The van der Waals surface area contributed by atoms with Crippen LogP contribution in [-0.2, 0) is 0 Å². The fourth-order valence-corrected chi connectivity index (χ4v) is 3.34. The fraction of sp³-hybridized carbons (Fsp3) is 0.500. The van der Waals surface area contributed by atoms with Crippen LogP contribution in [0.5, 0.6) is 0 Å². The number of anilines is 1. The molecule has 0 spiro atoms. The van der Waals surface area contributed by atoms with Crippen molar-refractivity contribution in [1.82, 2.24) is 5.32 Å². The maximum atomic E-state index is 6.16. The van der Waals surface area contributed by atoms with Gasteiger partial charge in [-0.15, -0.1) is 0 Å². The highest BCUT2D eigenvalue weighted by Crippen LogP contribution is 2.26. The van der Waals surface area contributed by atoms with Crippen molar-refractivity contribution >= 4 is 50.5 Å². The van der Waals surface area contributed by atoms with Gasteiger partial charge in [0.15, 0.2) is 5.11 Å². The van der Waals surface area contributed by atoms with Gasteiger partial charge in [-0.25, -0.2) is 0 Å². The van der Waals surface area contributed by atoms with Crippen molar-refractivity contribution in [2.75, 3.05) is 5.32 Å². The molecule has 1 aromatic carbocycles. The second-order valence-electron chi connectivity index (χ2n) is 5.18. The highest BCUT2D eigenvalue weighted by molar-refractivity contribution is 9.10. The van der Waals surface area contributed by atoms with Crippen LogP contribution in [0.3, 0.4) is 0 Å². The number of thiocarbonyl (C=S) groups is 1. The highest BCUT2D eigenvalue weighted by Gasteiger charge is 2.18. The van der Waals surface area contributed by atoms with E-state index < -0.39 is 0 Å². The van der Waals surface area contributed by atoms with Gasteiger partial charge in [0.25, 0.3) is 0 Å². The minimum atomic E-state index is 0.491. The summed E-state index contributed by atoms with van der Waals surface area (Å²) >= 11 is 14.9. The molecule has 2 nitrogen and oxygen atoms in total. The number of rotatable bonds is 2. The molecular formula is C14H18BrClN2S. The first kappa shape index (κ1) is 15.1. The van der Waals surface area contributed by atoms with Gasteiger partial charge in [0.2, 0.25) is 0 Å². The van der Waals surface area contributed by atoms with Gasteiger partial charge in [-0.1, -0.05) is 34.5 Å². The molecule has 104 valence electrons. The van der Waals surface area contributed by atoms with Crippen molar-refractivity contribution in [3.8, 4) is 0 Å². The molecule has 0 unspecified atom stereocenters. The predicted molar refractivity (Wildman–Crippen MR) is 89.9 cm³/mol. The van der Waals surface area contributed by atoms with Crippen LogP contribution in [0.2, 0.25) is 5.02 Å². The maximum absolute atomic E-state index is 6.16. The Balaban J connectivity index is 1.87. The van der Waals surface area contributed by atoms with E-state index in [1.807, 2.05) is 18.2 Å². The van der Waals surface area contributed by atoms with Gasteiger partial charge in [0.05, 0.1) is 10.7 Å². The minimum Gasteiger partial charge on any atom is -0.360 e. The van der Waals surface area contributed by atoms with Gasteiger partial charge in [-0.2, -0.15) is 0 Å². The van der Waals surface area contributed by atoms with Crippen LogP contribution in [0.4, 0.5) is 5.69 Å². The predicted octanol–water partition coefficient (Wildman–Crippen LogP) is 4.97. The standard InChI is InChI=1S/C14H18BrClN2S/c1-9-2-5-11(6-3-9)17-14(19)18-13-7-4-10(15)8-12(13)16/h4,7-9,11H,2-3,5-6H2,1H3,(H2,17,18,19). The third kappa shape index (κ3) is 4.62. The van der Waals surface area contributed by atoms with Gasteiger partial charge < -0.3 is 10.6 Å². The van der Waals surface area contributed by atoms with Crippen molar-refractivity contribution < 1.29 is 0 Å². The van der Waals surface area contributed by atoms with Crippen LogP contribution in [-0.4, -0.2) is 11.2 Å². The molecule has 5 heteroatoms. The first-order chi connectivity index (χ1) is 9.04. The molecule has 0 saturated heterocycles. The van der Waals surface area contributed by atoms with Crippen LogP contribution in [0, 0.1) is 5.92 Å². The van der Waals surface area contributed by atoms with Crippen molar-refractivity contribution in [3.05, 3.63) is 27.7 Å². The summed E-state index contributed by atoms with van der Waals surface area (Å²) in [7, 11) is 0. The van der Waals surface area contributed by atoms with Crippen molar-refractivity contribution in [1.29, 1.82) is 0 Å². The molecule has 1 fully saturated rings. The van der Waals surface area contributed by atoms with Gasteiger partial charge in [-0.05, 0) is 62.0 Å². The molecule has 0 atom stereocenters. The summed E-state index contributed by atoms with van der Waals surface area (Å²) in [5.74, 6) is 0.848. The summed E-state index contributed by atoms with van der Waals surface area (Å²) in [6, 6.07) is 6.21. The largest absolute Gasteiger partial charge is 0.360 e. The Labute approximate surface area is 133 Å². The third-order valence-corrected chi connectivity index (χ3v) is 4.56. The number of halogens is 2. The lowest BCUT2D eigenvalue weighted by atomic mass is 9.87. The average molecular weight is 362 g/mol. The Morgan fingerprint density at radius 1 is 1.32 bits per heavy atom. The van der Waals surface area contributed by atoms with E-state index in [1.54, 1.807) is 0 Å². The Hall–Kier alpha value is -0.320. The van der Waals surface area contributed by atoms with Crippen molar-refractivity contribution in [2.24, 2.45) is 5.92 Å². The van der Waals surface area contributed by atoms with Crippen LogP contribution in [0.15, 0.2) is 22.7 Å². The smallest absolute Gasteiger partial charge is 0.171 e. The zero-order valence-electron chi connectivity index (χ0n) is 10.9. The summed E-state index contributed by atoms with van der Waals surface area (Å²) in [6.07, 6.45) is 4.94. The Bertz CT molecular complexity index is 459. The van der Waals surface area contributed by atoms with Crippen molar-refractivity contribution in [2.45, 2.75) is 38.6 Å². The molecule has 0 bridgehead atoms. The number of hydrogen-bond acceptors (Lipinski definition) is 1. The van der Waals surface area contributed by atoms with E-state index in [0.717, 1.165) is 16.1 Å². The van der Waals surface area contributed by atoms with E-state index in [2.05, 4.69) is 33.5 Å². The summed E-state index contributed by atoms with van der Waals surface area (Å²) in [4.78, 5) is 0. The molecule has 2 N–H and O–H groups in total. The van der Waals surface area contributed by atoms with Crippen LogP contribution in [0.1, 0.15) is 32.6 Å². The Morgan fingerprint density at radius 3 is 2.63 bits per heavy atom. The Morgan fingerprint density at radius 2 is 2.00 bits per heavy atom. The number of nitrogens with one attached hydrogen (secondary N) is 2. The molecule has 1 aromatic rings. The van der Waals surface area contributed by atoms with Crippen molar-refractivity contribution in [3.63, 3.8) is 0 Å². The summed E-state index contributed by atoms with van der Waals surface area (Å²) in [5.41, 5.74) is 0.839. The number of hydrogen-bond donors (Lipinski definition) is 2. The molecule has 0 heterocycles. The van der Waals surface area contributed by atoms with Gasteiger partial charge >= 0.3 is 0 Å². The van der Waals surface area contributed by atoms with E-state index in [0.29, 0.717) is 16.2 Å². The molecule has 0 amide bonds. The first-order valence-corrected chi connectivity index (χ1v) is 8.15. The lowest BCUT2D eigenvalue weighted by molar-refractivity contribution is 0.332. The zero-order chi connectivity index (χ0) is 13.8. The molecule has 0 aromatic heterocycles. The van der Waals surface area contributed by atoms with Crippen LogP contribution in [0.25, 0.3) is 0 Å². The quantitative estimate of drug-likeness (QED) is 0.727. The molecule has 1 aliphatic carbocycles. The minimum absolute atomic E-state index is 0.491.